The molecule has 0 fully saturated rings. The molecule has 1 unspecified atom stereocenters. The van der Waals surface area contributed by atoms with Gasteiger partial charge in [-0.05, 0) is 47.5 Å². The second-order valence-electron chi connectivity index (χ2n) is 6.67. The molecule has 3 aromatic rings. The second-order valence-corrected chi connectivity index (χ2v) is 8.53. The van der Waals surface area contributed by atoms with Crippen molar-refractivity contribution >= 4 is 35.1 Å². The first-order valence-electron chi connectivity index (χ1n) is 9.38. The molecule has 0 bridgehead atoms. The van der Waals surface area contributed by atoms with Gasteiger partial charge in [-0.25, -0.2) is 4.79 Å². The van der Waals surface area contributed by atoms with Gasteiger partial charge in [-0.3, -0.25) is 0 Å². The van der Waals surface area contributed by atoms with E-state index < -0.39 is 5.97 Å². The molecule has 1 aliphatic heterocycles. The fourth-order valence-electron chi connectivity index (χ4n) is 3.32. The number of benzene rings is 2. The molecule has 0 amide bonds. The first-order valence-corrected chi connectivity index (χ1v) is 11.5. The topological polar surface area (TPSA) is 85.3 Å². The summed E-state index contributed by atoms with van der Waals surface area (Å²) in [6.45, 7) is 0. The molecule has 2 N–H and O–H groups in total. The van der Waals surface area contributed by atoms with E-state index in [1.54, 1.807) is 36.0 Å². The van der Waals surface area contributed by atoms with E-state index in [1.807, 2.05) is 48.0 Å². The van der Waals surface area contributed by atoms with Gasteiger partial charge in [0.1, 0.15) is 23.1 Å². The quantitative estimate of drug-likeness (QED) is 0.248. The predicted octanol–water partition coefficient (Wildman–Crippen LogP) is 5.31. The lowest BCUT2D eigenvalue weighted by molar-refractivity contribution is -0.128. The number of thioether (sulfide) groups is 1. The molecule has 0 saturated heterocycles. The lowest BCUT2D eigenvalue weighted by Crippen LogP contribution is -2.21. The highest BCUT2D eigenvalue weighted by Crippen LogP contribution is 2.43. The molecule has 31 heavy (non-hydrogen) atoms. The molecule has 0 saturated carbocycles. The van der Waals surface area contributed by atoms with E-state index in [2.05, 4.69) is 6.07 Å². The van der Waals surface area contributed by atoms with Crippen LogP contribution in [0.2, 0.25) is 0 Å². The minimum absolute atomic E-state index is 0.0509. The van der Waals surface area contributed by atoms with E-state index >= 15 is 0 Å². The Kier molecular flexibility index (Phi) is 6.12. The van der Waals surface area contributed by atoms with Crippen LogP contribution < -0.4 is 15.2 Å². The third-order valence-corrected chi connectivity index (χ3v) is 6.37. The molecule has 4 rings (SSSR count). The maximum Gasteiger partial charge on any atom is 0.336 e. The van der Waals surface area contributed by atoms with Crippen LogP contribution in [0.5, 0.6) is 11.5 Å². The molecule has 154 valence electrons. The Morgan fingerprint density at radius 3 is 2.74 bits per heavy atom. The van der Waals surface area contributed by atoms with E-state index in [0.717, 1.165) is 20.9 Å². The molecule has 1 aromatic heterocycles. The summed E-state index contributed by atoms with van der Waals surface area (Å²) in [6.07, 6.45) is 5.09. The Morgan fingerprint density at radius 1 is 1.26 bits per heavy atom. The summed E-state index contributed by atoms with van der Waals surface area (Å²) < 4.78 is 11.1. The van der Waals surface area contributed by atoms with E-state index in [1.165, 1.54) is 17.4 Å². The van der Waals surface area contributed by atoms with Gasteiger partial charge in [0.2, 0.25) is 5.88 Å². The van der Waals surface area contributed by atoms with Gasteiger partial charge in [0.15, 0.2) is 0 Å². The number of fused-ring (bicyclic) bond motifs is 1. The number of carbonyl (C=O) groups is 1. The summed E-state index contributed by atoms with van der Waals surface area (Å²) in [5, 5.41) is 11.6. The van der Waals surface area contributed by atoms with E-state index in [0.29, 0.717) is 17.1 Å². The molecule has 1 atom stereocenters. The van der Waals surface area contributed by atoms with Crippen LogP contribution in [0.1, 0.15) is 21.9 Å². The number of thiophene rings is 1. The number of allylic oxidation sites excluding steroid dienone is 1. The Labute approximate surface area is 188 Å². The summed E-state index contributed by atoms with van der Waals surface area (Å²) in [5.74, 6) is 0.00461. The van der Waals surface area contributed by atoms with Crippen molar-refractivity contribution in [3.63, 3.8) is 0 Å². The van der Waals surface area contributed by atoms with E-state index in [9.17, 15) is 10.1 Å². The number of rotatable bonds is 5. The molecular formula is C24H18N2O3S2. The number of carbonyl (C=O) groups excluding carboxylic acids is 1. The molecule has 0 radical (unpaired) electrons. The molecule has 0 spiro atoms. The van der Waals surface area contributed by atoms with E-state index in [4.69, 9.17) is 15.2 Å². The summed E-state index contributed by atoms with van der Waals surface area (Å²) in [7, 11) is 0. The summed E-state index contributed by atoms with van der Waals surface area (Å²) in [5.41, 5.74) is 8.13. The van der Waals surface area contributed by atoms with Crippen LogP contribution in [0.4, 0.5) is 0 Å². The number of esters is 1. The SMILES string of the molecule is CSc1ccc(C2C(C#N)=C(N)Oc3cc(OC(=O)/C=C/c4cccs4)ccc32)cc1. The standard InChI is InChI=1S/C24H18N2O3S2/c1-30-17-7-4-15(5-8-17)23-19-10-6-16(13-21(19)29-24(26)20(23)14-25)28-22(27)11-9-18-3-2-12-31-18/h2-13,23H,26H2,1H3/b11-9+. The molecule has 2 heterocycles. The van der Waals surface area contributed by atoms with Gasteiger partial charge < -0.3 is 15.2 Å². The summed E-state index contributed by atoms with van der Waals surface area (Å²) in [4.78, 5) is 14.3. The zero-order valence-electron chi connectivity index (χ0n) is 16.6. The van der Waals surface area contributed by atoms with Gasteiger partial charge in [-0.1, -0.05) is 24.3 Å². The first kappa shape index (κ1) is 20.8. The number of nitrogens with zero attached hydrogens (tertiary/aromatic N) is 1. The molecule has 7 heteroatoms. The minimum atomic E-state index is -0.491. The van der Waals surface area contributed by atoms with Crippen LogP contribution in [0, 0.1) is 11.3 Å². The average Bonchev–Trinajstić information content (AvgIpc) is 3.30. The number of nitriles is 1. The number of hydrogen-bond donors (Lipinski definition) is 1. The van der Waals surface area contributed by atoms with Crippen LogP contribution >= 0.6 is 23.1 Å². The highest BCUT2D eigenvalue weighted by atomic mass is 32.2. The minimum Gasteiger partial charge on any atom is -0.440 e. The van der Waals surface area contributed by atoms with Gasteiger partial charge in [-0.2, -0.15) is 5.26 Å². The molecule has 2 aromatic carbocycles. The van der Waals surface area contributed by atoms with Crippen LogP contribution in [-0.4, -0.2) is 12.2 Å². The van der Waals surface area contributed by atoms with Crippen molar-refractivity contribution in [1.29, 1.82) is 5.26 Å². The molecule has 0 aliphatic carbocycles. The summed E-state index contributed by atoms with van der Waals surface area (Å²) in [6, 6.07) is 19.1. The zero-order valence-corrected chi connectivity index (χ0v) is 18.2. The van der Waals surface area contributed by atoms with Crippen LogP contribution in [0.25, 0.3) is 6.08 Å². The highest BCUT2D eigenvalue weighted by Gasteiger charge is 2.31. The molecule has 5 nitrogen and oxygen atoms in total. The van der Waals surface area contributed by atoms with Crippen LogP contribution in [0.15, 0.2) is 82.4 Å². The fourth-order valence-corrected chi connectivity index (χ4v) is 4.35. The van der Waals surface area contributed by atoms with E-state index in [-0.39, 0.29) is 11.8 Å². The van der Waals surface area contributed by atoms with Crippen molar-refractivity contribution in [1.82, 2.24) is 0 Å². The van der Waals surface area contributed by atoms with Crippen molar-refractivity contribution in [2.24, 2.45) is 5.73 Å². The number of nitrogens with two attached hydrogens (primary N) is 1. The first-order chi connectivity index (χ1) is 15.1. The molecule has 1 aliphatic rings. The lowest BCUT2D eigenvalue weighted by Gasteiger charge is -2.26. The fraction of sp³-hybridized carbons (Fsp3) is 0.0833. The normalized spacial score (nSPS) is 15.3. The van der Waals surface area contributed by atoms with Gasteiger partial charge in [0.25, 0.3) is 0 Å². The Bertz CT molecular complexity index is 1210. The third kappa shape index (κ3) is 4.50. The Hall–Kier alpha value is -3.47. The van der Waals surface area contributed by atoms with Gasteiger partial charge in [-0.15, -0.1) is 23.1 Å². The van der Waals surface area contributed by atoms with Crippen LogP contribution in [-0.2, 0) is 4.79 Å². The smallest absolute Gasteiger partial charge is 0.336 e. The Balaban J connectivity index is 1.62. The number of ether oxygens (including phenoxy) is 2. The zero-order chi connectivity index (χ0) is 21.8. The van der Waals surface area contributed by atoms with Crippen molar-refractivity contribution < 1.29 is 14.3 Å². The summed E-state index contributed by atoms with van der Waals surface area (Å²) >= 11 is 3.18. The monoisotopic (exact) mass is 446 g/mol. The molecular weight excluding hydrogens is 428 g/mol. The predicted molar refractivity (Wildman–Crippen MR) is 123 cm³/mol. The van der Waals surface area contributed by atoms with Gasteiger partial charge in [0.05, 0.1) is 5.92 Å². The van der Waals surface area contributed by atoms with Crippen LogP contribution in [0.3, 0.4) is 0 Å². The van der Waals surface area contributed by atoms with Crippen molar-refractivity contribution in [3.8, 4) is 17.6 Å². The Morgan fingerprint density at radius 2 is 2.06 bits per heavy atom. The van der Waals surface area contributed by atoms with Gasteiger partial charge >= 0.3 is 5.97 Å². The van der Waals surface area contributed by atoms with Crippen molar-refractivity contribution in [3.05, 3.63) is 93.5 Å². The van der Waals surface area contributed by atoms with Crippen molar-refractivity contribution in [2.75, 3.05) is 6.26 Å². The number of hydrogen-bond acceptors (Lipinski definition) is 7. The third-order valence-electron chi connectivity index (χ3n) is 4.78. The second kappa shape index (κ2) is 9.13. The maximum atomic E-state index is 12.2. The largest absolute Gasteiger partial charge is 0.440 e. The maximum absolute atomic E-state index is 12.2. The van der Waals surface area contributed by atoms with Crippen molar-refractivity contribution in [2.45, 2.75) is 10.8 Å². The lowest BCUT2D eigenvalue weighted by atomic mass is 9.83. The highest BCUT2D eigenvalue weighted by molar-refractivity contribution is 7.98. The van der Waals surface area contributed by atoms with Gasteiger partial charge in [0, 0.05) is 27.5 Å². The average molecular weight is 447 g/mol.